The van der Waals surface area contributed by atoms with Crippen molar-refractivity contribution in [3.05, 3.63) is 69.8 Å². The second-order valence-corrected chi connectivity index (χ2v) is 5.52. The molecule has 0 aliphatic rings. The fourth-order valence-electron chi connectivity index (χ4n) is 2.47. The van der Waals surface area contributed by atoms with Gasteiger partial charge in [0.05, 0.1) is 6.54 Å². The van der Waals surface area contributed by atoms with Crippen LogP contribution in [0.1, 0.15) is 11.1 Å². The number of nitrogens with zero attached hydrogens (tertiary/aromatic N) is 1. The molecule has 0 aliphatic carbocycles. The summed E-state index contributed by atoms with van der Waals surface area (Å²) < 4.78 is 2.14. The topological polar surface area (TPSA) is 30.9 Å². The molecule has 20 heavy (non-hydrogen) atoms. The van der Waals surface area contributed by atoms with Crippen LogP contribution in [0.2, 0.25) is 10.0 Å². The SMILES string of the molecule is NCc1cn(Cc2c(Cl)cccc2Cl)c2ccccc12. The highest BCUT2D eigenvalue weighted by Gasteiger charge is 2.10. The molecule has 0 amide bonds. The lowest BCUT2D eigenvalue weighted by atomic mass is 10.2. The lowest BCUT2D eigenvalue weighted by molar-refractivity contribution is 0.830. The zero-order chi connectivity index (χ0) is 14.1. The molecule has 1 heterocycles. The third-order valence-corrected chi connectivity index (χ3v) is 4.19. The summed E-state index contributed by atoms with van der Waals surface area (Å²) in [6, 6.07) is 13.8. The number of aromatic nitrogens is 1. The van der Waals surface area contributed by atoms with E-state index in [4.69, 9.17) is 28.9 Å². The van der Waals surface area contributed by atoms with Crippen molar-refractivity contribution in [1.82, 2.24) is 4.57 Å². The monoisotopic (exact) mass is 304 g/mol. The molecule has 3 rings (SSSR count). The van der Waals surface area contributed by atoms with E-state index in [0.29, 0.717) is 23.1 Å². The van der Waals surface area contributed by atoms with Gasteiger partial charge in [-0.25, -0.2) is 0 Å². The van der Waals surface area contributed by atoms with Crippen LogP contribution < -0.4 is 5.73 Å². The molecule has 0 saturated heterocycles. The van der Waals surface area contributed by atoms with Crippen molar-refractivity contribution in [2.24, 2.45) is 5.73 Å². The predicted octanol–water partition coefficient (Wildman–Crippen LogP) is 4.46. The van der Waals surface area contributed by atoms with Crippen molar-refractivity contribution < 1.29 is 0 Å². The fourth-order valence-corrected chi connectivity index (χ4v) is 2.99. The fraction of sp³-hybridized carbons (Fsp3) is 0.125. The van der Waals surface area contributed by atoms with Crippen molar-refractivity contribution in [2.45, 2.75) is 13.1 Å². The Kier molecular flexibility index (Phi) is 3.70. The summed E-state index contributed by atoms with van der Waals surface area (Å²) in [6.07, 6.45) is 2.07. The van der Waals surface area contributed by atoms with Crippen LogP contribution >= 0.6 is 23.2 Å². The number of halogens is 2. The van der Waals surface area contributed by atoms with Crippen LogP contribution in [0.15, 0.2) is 48.7 Å². The van der Waals surface area contributed by atoms with Crippen LogP contribution in [0.25, 0.3) is 10.9 Å². The molecule has 0 bridgehead atoms. The van der Waals surface area contributed by atoms with Crippen LogP contribution in [0.3, 0.4) is 0 Å². The zero-order valence-electron chi connectivity index (χ0n) is 10.8. The van der Waals surface area contributed by atoms with Crippen LogP contribution in [-0.4, -0.2) is 4.57 Å². The Hall–Kier alpha value is -1.48. The normalized spacial score (nSPS) is 11.2. The first-order chi connectivity index (χ1) is 9.70. The standard InChI is InChI=1S/C16H14Cl2N2/c17-14-5-3-6-15(18)13(14)10-20-9-11(8-19)12-4-1-2-7-16(12)20/h1-7,9H,8,10,19H2. The van der Waals surface area contributed by atoms with Crippen LogP contribution in [-0.2, 0) is 13.1 Å². The van der Waals surface area contributed by atoms with Crippen LogP contribution in [0.4, 0.5) is 0 Å². The van der Waals surface area contributed by atoms with Gasteiger partial charge in [0.2, 0.25) is 0 Å². The summed E-state index contributed by atoms with van der Waals surface area (Å²) in [7, 11) is 0. The summed E-state index contributed by atoms with van der Waals surface area (Å²) in [6.45, 7) is 1.16. The number of para-hydroxylation sites is 1. The minimum absolute atomic E-state index is 0.518. The van der Waals surface area contributed by atoms with Crippen molar-refractivity contribution in [3.8, 4) is 0 Å². The highest BCUT2D eigenvalue weighted by Crippen LogP contribution is 2.28. The second-order valence-electron chi connectivity index (χ2n) is 4.70. The van der Waals surface area contributed by atoms with E-state index in [1.54, 1.807) is 0 Å². The first-order valence-electron chi connectivity index (χ1n) is 6.40. The molecule has 3 aromatic rings. The van der Waals surface area contributed by atoms with E-state index in [0.717, 1.165) is 16.6 Å². The Balaban J connectivity index is 2.12. The van der Waals surface area contributed by atoms with Crippen molar-refractivity contribution >= 4 is 34.1 Å². The molecule has 2 N–H and O–H groups in total. The summed E-state index contributed by atoms with van der Waals surface area (Å²) in [4.78, 5) is 0. The van der Waals surface area contributed by atoms with E-state index in [9.17, 15) is 0 Å². The lowest BCUT2D eigenvalue weighted by Gasteiger charge is -2.09. The van der Waals surface area contributed by atoms with E-state index in [1.165, 1.54) is 5.39 Å². The average Bonchev–Trinajstić information content (AvgIpc) is 2.81. The Morgan fingerprint density at radius 3 is 2.35 bits per heavy atom. The van der Waals surface area contributed by atoms with Gasteiger partial charge in [-0.05, 0) is 23.8 Å². The molecular formula is C16H14Cl2N2. The van der Waals surface area contributed by atoms with E-state index in [2.05, 4.69) is 22.9 Å². The van der Waals surface area contributed by atoms with Gasteiger partial charge in [0.1, 0.15) is 0 Å². The number of nitrogens with two attached hydrogens (primary N) is 1. The van der Waals surface area contributed by atoms with Crippen molar-refractivity contribution in [3.63, 3.8) is 0 Å². The first-order valence-corrected chi connectivity index (χ1v) is 7.16. The largest absolute Gasteiger partial charge is 0.343 e. The molecule has 0 unspecified atom stereocenters. The van der Waals surface area contributed by atoms with Gasteiger partial charge < -0.3 is 10.3 Å². The van der Waals surface area contributed by atoms with Crippen molar-refractivity contribution in [1.29, 1.82) is 0 Å². The van der Waals surface area contributed by atoms with Gasteiger partial charge in [-0.2, -0.15) is 0 Å². The number of hydrogen-bond acceptors (Lipinski definition) is 1. The molecule has 102 valence electrons. The Bertz CT molecular complexity index is 742. The minimum Gasteiger partial charge on any atom is -0.343 e. The van der Waals surface area contributed by atoms with Gasteiger partial charge in [0.15, 0.2) is 0 Å². The van der Waals surface area contributed by atoms with Crippen molar-refractivity contribution in [2.75, 3.05) is 0 Å². The maximum atomic E-state index is 6.25. The molecule has 1 aromatic heterocycles. The molecule has 2 aromatic carbocycles. The molecule has 4 heteroatoms. The third kappa shape index (κ3) is 2.31. The summed E-state index contributed by atoms with van der Waals surface area (Å²) in [5, 5.41) is 2.55. The molecule has 0 saturated carbocycles. The van der Waals surface area contributed by atoms with E-state index < -0.39 is 0 Å². The number of hydrogen-bond donors (Lipinski definition) is 1. The number of rotatable bonds is 3. The second kappa shape index (κ2) is 5.49. The van der Waals surface area contributed by atoms with E-state index in [1.807, 2.05) is 30.3 Å². The third-order valence-electron chi connectivity index (χ3n) is 3.48. The average molecular weight is 305 g/mol. The van der Waals surface area contributed by atoms with Crippen LogP contribution in [0.5, 0.6) is 0 Å². The summed E-state index contributed by atoms with van der Waals surface area (Å²) >= 11 is 12.5. The Morgan fingerprint density at radius 1 is 0.950 bits per heavy atom. The highest BCUT2D eigenvalue weighted by atomic mass is 35.5. The van der Waals surface area contributed by atoms with Gasteiger partial charge >= 0.3 is 0 Å². The first kappa shape index (κ1) is 13.5. The van der Waals surface area contributed by atoms with Crippen LogP contribution in [0, 0.1) is 0 Å². The van der Waals surface area contributed by atoms with Gasteiger partial charge in [-0.3, -0.25) is 0 Å². The highest BCUT2D eigenvalue weighted by molar-refractivity contribution is 6.36. The number of benzene rings is 2. The smallest absolute Gasteiger partial charge is 0.0505 e. The molecule has 2 nitrogen and oxygen atoms in total. The molecule has 0 atom stereocenters. The Morgan fingerprint density at radius 2 is 1.65 bits per heavy atom. The minimum atomic E-state index is 0.518. The summed E-state index contributed by atoms with van der Waals surface area (Å²) in [5.41, 5.74) is 9.02. The number of fused-ring (bicyclic) bond motifs is 1. The maximum absolute atomic E-state index is 6.25. The molecular weight excluding hydrogens is 291 g/mol. The molecule has 0 aliphatic heterocycles. The van der Waals surface area contributed by atoms with Gasteiger partial charge in [-0.15, -0.1) is 0 Å². The maximum Gasteiger partial charge on any atom is 0.0505 e. The van der Waals surface area contributed by atoms with Gasteiger partial charge in [-0.1, -0.05) is 47.5 Å². The van der Waals surface area contributed by atoms with Gasteiger partial charge in [0, 0.05) is 39.3 Å². The lowest BCUT2D eigenvalue weighted by Crippen LogP contribution is -2.00. The summed E-state index contributed by atoms with van der Waals surface area (Å²) in [5.74, 6) is 0. The quantitative estimate of drug-likeness (QED) is 0.761. The van der Waals surface area contributed by atoms with E-state index in [-0.39, 0.29) is 0 Å². The zero-order valence-corrected chi connectivity index (χ0v) is 12.3. The predicted molar refractivity (Wildman–Crippen MR) is 85.4 cm³/mol. The molecule has 0 fully saturated rings. The Labute approximate surface area is 127 Å². The molecule has 0 spiro atoms. The van der Waals surface area contributed by atoms with E-state index >= 15 is 0 Å². The molecule has 0 radical (unpaired) electrons. The van der Waals surface area contributed by atoms with Gasteiger partial charge in [0.25, 0.3) is 0 Å².